The Bertz CT molecular complexity index is 519. The van der Waals surface area contributed by atoms with Crippen LogP contribution in [0.2, 0.25) is 0 Å². The van der Waals surface area contributed by atoms with E-state index in [2.05, 4.69) is 46.6 Å². The summed E-state index contributed by atoms with van der Waals surface area (Å²) in [6, 6.07) is 8.47. The number of aromatic nitrogens is 2. The van der Waals surface area contributed by atoms with Gasteiger partial charge in [0.05, 0.1) is 11.7 Å². The fraction of sp³-hybridized carbons (Fsp3) is 0.385. The molecule has 0 saturated carbocycles. The van der Waals surface area contributed by atoms with Gasteiger partial charge in [0, 0.05) is 18.0 Å². The van der Waals surface area contributed by atoms with Crippen molar-refractivity contribution in [2.24, 2.45) is 0 Å². The normalized spacial score (nSPS) is 15.6. The van der Waals surface area contributed by atoms with Gasteiger partial charge in [-0.05, 0) is 19.1 Å². The molecule has 2 heterocycles. The summed E-state index contributed by atoms with van der Waals surface area (Å²) >= 11 is 1.73. The molecule has 0 unspecified atom stereocenters. The van der Waals surface area contributed by atoms with Crippen molar-refractivity contribution in [3.63, 3.8) is 0 Å². The molecule has 2 aromatic rings. The molecule has 3 rings (SSSR count). The van der Waals surface area contributed by atoms with Crippen molar-refractivity contribution in [1.29, 1.82) is 0 Å². The van der Waals surface area contributed by atoms with E-state index in [0.29, 0.717) is 5.92 Å². The molecule has 0 aliphatic carbocycles. The molecule has 1 fully saturated rings. The minimum absolute atomic E-state index is 0.413. The molecule has 4 nitrogen and oxygen atoms in total. The molecule has 0 bridgehead atoms. The molecule has 1 N–H and O–H groups in total. The third-order valence-corrected chi connectivity index (χ3v) is 4.01. The molecule has 94 valence electrons. The average molecular weight is 261 g/mol. The highest BCUT2D eigenvalue weighted by Gasteiger charge is 2.24. The highest BCUT2D eigenvalue weighted by molar-refractivity contribution is 7.98. The summed E-state index contributed by atoms with van der Waals surface area (Å²) in [7, 11) is 0. The lowest BCUT2D eigenvalue weighted by molar-refractivity contribution is 0.306. The lowest BCUT2D eigenvalue weighted by atomic mass is 10.0. The van der Waals surface area contributed by atoms with Crippen molar-refractivity contribution in [1.82, 2.24) is 15.5 Å². The van der Waals surface area contributed by atoms with Crippen LogP contribution in [0.1, 0.15) is 23.2 Å². The topological polar surface area (TPSA) is 51.0 Å². The summed E-state index contributed by atoms with van der Waals surface area (Å²) in [5.41, 5.74) is 1.28. The van der Waals surface area contributed by atoms with Gasteiger partial charge < -0.3 is 9.84 Å². The second-order valence-corrected chi connectivity index (χ2v) is 5.55. The van der Waals surface area contributed by atoms with E-state index >= 15 is 0 Å². The molecular formula is C13H15N3OS. The molecule has 1 aliphatic rings. The van der Waals surface area contributed by atoms with E-state index in [9.17, 15) is 0 Å². The largest absolute Gasteiger partial charge is 0.339 e. The summed E-state index contributed by atoms with van der Waals surface area (Å²) in [4.78, 5) is 5.66. The van der Waals surface area contributed by atoms with Gasteiger partial charge in [0.1, 0.15) is 0 Å². The Morgan fingerprint density at radius 1 is 1.33 bits per heavy atom. The number of benzene rings is 1. The van der Waals surface area contributed by atoms with Crippen molar-refractivity contribution in [2.75, 3.05) is 13.1 Å². The first kappa shape index (κ1) is 11.7. The minimum atomic E-state index is 0.413. The molecule has 1 aromatic carbocycles. The van der Waals surface area contributed by atoms with Gasteiger partial charge in [-0.1, -0.05) is 22.9 Å². The lowest BCUT2D eigenvalue weighted by Crippen LogP contribution is -2.40. The van der Waals surface area contributed by atoms with Crippen LogP contribution in [0, 0.1) is 6.92 Å². The van der Waals surface area contributed by atoms with Crippen LogP contribution in [0.5, 0.6) is 0 Å². The van der Waals surface area contributed by atoms with Crippen LogP contribution >= 0.6 is 11.8 Å². The van der Waals surface area contributed by atoms with E-state index in [1.165, 1.54) is 10.5 Å². The van der Waals surface area contributed by atoms with Gasteiger partial charge in [0.25, 0.3) is 0 Å². The second-order valence-electron chi connectivity index (χ2n) is 4.51. The van der Waals surface area contributed by atoms with Crippen molar-refractivity contribution in [3.05, 3.63) is 41.5 Å². The lowest BCUT2D eigenvalue weighted by Gasteiger charge is -2.22. The van der Waals surface area contributed by atoms with Gasteiger partial charge in [-0.3, -0.25) is 0 Å². The first-order valence-electron chi connectivity index (χ1n) is 6.04. The Morgan fingerprint density at radius 2 is 2.11 bits per heavy atom. The SMILES string of the molecule is Cc1ccc(SCc2noc(C3CNC3)n2)cc1. The van der Waals surface area contributed by atoms with E-state index in [0.717, 1.165) is 30.6 Å². The van der Waals surface area contributed by atoms with Gasteiger partial charge in [-0.25, -0.2) is 0 Å². The van der Waals surface area contributed by atoms with E-state index in [1.54, 1.807) is 11.8 Å². The molecule has 1 aliphatic heterocycles. The van der Waals surface area contributed by atoms with Crippen LogP contribution in [0.25, 0.3) is 0 Å². The molecule has 0 radical (unpaired) electrons. The maximum Gasteiger partial charge on any atom is 0.232 e. The first-order chi connectivity index (χ1) is 8.81. The van der Waals surface area contributed by atoms with Crippen LogP contribution < -0.4 is 5.32 Å². The average Bonchev–Trinajstić information content (AvgIpc) is 2.75. The number of hydrogen-bond donors (Lipinski definition) is 1. The Labute approximate surface area is 110 Å². The molecule has 0 atom stereocenters. The zero-order valence-electron chi connectivity index (χ0n) is 10.2. The van der Waals surface area contributed by atoms with Gasteiger partial charge in [0.2, 0.25) is 5.89 Å². The zero-order valence-corrected chi connectivity index (χ0v) is 11.0. The maximum atomic E-state index is 5.26. The van der Waals surface area contributed by atoms with E-state index in [1.807, 2.05) is 0 Å². The van der Waals surface area contributed by atoms with Crippen molar-refractivity contribution < 1.29 is 4.52 Å². The highest BCUT2D eigenvalue weighted by Crippen LogP contribution is 2.23. The van der Waals surface area contributed by atoms with Crippen LogP contribution in [-0.4, -0.2) is 23.2 Å². The van der Waals surface area contributed by atoms with Crippen LogP contribution in [0.4, 0.5) is 0 Å². The Hall–Kier alpha value is -1.33. The fourth-order valence-electron chi connectivity index (χ4n) is 1.74. The Morgan fingerprint density at radius 3 is 2.78 bits per heavy atom. The summed E-state index contributed by atoms with van der Waals surface area (Å²) in [5.74, 6) is 2.72. The summed E-state index contributed by atoms with van der Waals surface area (Å²) in [6.07, 6.45) is 0. The molecule has 5 heteroatoms. The highest BCUT2D eigenvalue weighted by atomic mass is 32.2. The van der Waals surface area contributed by atoms with Crippen molar-refractivity contribution in [2.45, 2.75) is 23.5 Å². The van der Waals surface area contributed by atoms with Crippen LogP contribution in [-0.2, 0) is 5.75 Å². The fourth-order valence-corrected chi connectivity index (χ4v) is 2.48. The second kappa shape index (κ2) is 5.12. The molecule has 0 spiro atoms. The smallest absolute Gasteiger partial charge is 0.232 e. The van der Waals surface area contributed by atoms with E-state index < -0.39 is 0 Å². The standard InChI is InChI=1S/C13H15N3OS/c1-9-2-4-11(5-3-9)18-8-12-15-13(17-16-12)10-6-14-7-10/h2-5,10,14H,6-8H2,1H3. The molecule has 1 aromatic heterocycles. The number of hydrogen-bond acceptors (Lipinski definition) is 5. The van der Waals surface area contributed by atoms with Crippen LogP contribution in [0.3, 0.4) is 0 Å². The molecular weight excluding hydrogens is 246 g/mol. The summed E-state index contributed by atoms with van der Waals surface area (Å²) < 4.78 is 5.26. The minimum Gasteiger partial charge on any atom is -0.339 e. The van der Waals surface area contributed by atoms with Crippen LogP contribution in [0.15, 0.2) is 33.7 Å². The Balaban J connectivity index is 1.59. The van der Waals surface area contributed by atoms with Crippen molar-refractivity contribution >= 4 is 11.8 Å². The molecule has 0 amide bonds. The predicted octanol–water partition coefficient (Wildman–Crippen LogP) is 2.36. The van der Waals surface area contributed by atoms with E-state index in [4.69, 9.17) is 4.52 Å². The third-order valence-electron chi connectivity index (χ3n) is 3.00. The maximum absolute atomic E-state index is 5.26. The number of thioether (sulfide) groups is 1. The number of rotatable bonds is 4. The molecule has 18 heavy (non-hydrogen) atoms. The third kappa shape index (κ3) is 2.57. The summed E-state index contributed by atoms with van der Waals surface area (Å²) in [6.45, 7) is 3.99. The Kier molecular flexibility index (Phi) is 3.34. The van der Waals surface area contributed by atoms with E-state index in [-0.39, 0.29) is 0 Å². The van der Waals surface area contributed by atoms with Gasteiger partial charge >= 0.3 is 0 Å². The first-order valence-corrected chi connectivity index (χ1v) is 7.02. The zero-order chi connectivity index (χ0) is 12.4. The number of nitrogens with one attached hydrogen (secondary N) is 1. The molecule has 1 saturated heterocycles. The van der Waals surface area contributed by atoms with Crippen molar-refractivity contribution in [3.8, 4) is 0 Å². The predicted molar refractivity (Wildman–Crippen MR) is 70.6 cm³/mol. The monoisotopic (exact) mass is 261 g/mol. The summed E-state index contributed by atoms with van der Waals surface area (Å²) in [5, 5.41) is 7.22. The number of nitrogens with zero attached hydrogens (tertiary/aromatic N) is 2. The number of aryl methyl sites for hydroxylation is 1. The quantitative estimate of drug-likeness (QED) is 0.856. The van der Waals surface area contributed by atoms with Gasteiger partial charge in [-0.15, -0.1) is 11.8 Å². The van der Waals surface area contributed by atoms with Gasteiger partial charge in [0.15, 0.2) is 5.82 Å². The van der Waals surface area contributed by atoms with Gasteiger partial charge in [-0.2, -0.15) is 4.98 Å².